The van der Waals surface area contributed by atoms with Gasteiger partial charge in [0, 0.05) is 0 Å². The number of benzene rings is 2. The van der Waals surface area contributed by atoms with E-state index in [0.29, 0.717) is 5.56 Å². The SMILES string of the molecule is OC1(C(F)(F)F)CC(c2ccc(Cc3ccccc3)cc2)=NO1. The van der Waals surface area contributed by atoms with E-state index in [1.165, 1.54) is 0 Å². The zero-order chi connectivity index (χ0) is 16.5. The molecular formula is C17H14F3NO2. The second-order valence-corrected chi connectivity index (χ2v) is 5.45. The molecule has 2 aromatic carbocycles. The summed E-state index contributed by atoms with van der Waals surface area (Å²) in [5, 5.41) is 12.8. The van der Waals surface area contributed by atoms with Crippen LogP contribution in [0.25, 0.3) is 0 Å². The number of halogens is 3. The second kappa shape index (κ2) is 5.70. The quantitative estimate of drug-likeness (QED) is 0.937. The molecule has 0 aromatic heterocycles. The molecule has 0 fully saturated rings. The van der Waals surface area contributed by atoms with Gasteiger partial charge in [-0.2, -0.15) is 13.2 Å². The fourth-order valence-corrected chi connectivity index (χ4v) is 2.38. The van der Waals surface area contributed by atoms with Gasteiger partial charge in [-0.3, -0.25) is 0 Å². The monoisotopic (exact) mass is 321 g/mol. The van der Waals surface area contributed by atoms with Crippen LogP contribution in [0.3, 0.4) is 0 Å². The van der Waals surface area contributed by atoms with Crippen molar-refractivity contribution in [3.8, 4) is 0 Å². The third-order valence-corrected chi connectivity index (χ3v) is 3.70. The Bertz CT molecular complexity index is 711. The summed E-state index contributed by atoms with van der Waals surface area (Å²) in [6.45, 7) is 0. The van der Waals surface area contributed by atoms with Gasteiger partial charge in [-0.25, -0.2) is 0 Å². The van der Waals surface area contributed by atoms with Crippen molar-refractivity contribution in [2.75, 3.05) is 0 Å². The first-order valence-corrected chi connectivity index (χ1v) is 7.05. The Kier molecular flexibility index (Phi) is 3.85. The molecule has 3 nitrogen and oxygen atoms in total. The lowest BCUT2D eigenvalue weighted by molar-refractivity contribution is -0.355. The van der Waals surface area contributed by atoms with Crippen LogP contribution in [0.4, 0.5) is 13.2 Å². The highest BCUT2D eigenvalue weighted by atomic mass is 19.4. The van der Waals surface area contributed by atoms with Gasteiger partial charge in [0.15, 0.2) is 0 Å². The first kappa shape index (κ1) is 15.6. The summed E-state index contributed by atoms with van der Waals surface area (Å²) in [7, 11) is 0. The molecular weight excluding hydrogens is 307 g/mol. The molecule has 0 bridgehead atoms. The fourth-order valence-electron chi connectivity index (χ4n) is 2.38. The van der Waals surface area contributed by atoms with Crippen LogP contribution in [0.2, 0.25) is 0 Å². The van der Waals surface area contributed by atoms with Crippen molar-refractivity contribution in [2.24, 2.45) is 5.16 Å². The van der Waals surface area contributed by atoms with Gasteiger partial charge in [0.05, 0.1) is 12.1 Å². The van der Waals surface area contributed by atoms with Crippen molar-refractivity contribution in [3.63, 3.8) is 0 Å². The Morgan fingerprint density at radius 2 is 1.61 bits per heavy atom. The fraction of sp³-hybridized carbons (Fsp3) is 0.235. The minimum atomic E-state index is -4.88. The molecule has 0 amide bonds. The molecule has 1 aliphatic rings. The topological polar surface area (TPSA) is 41.8 Å². The maximum absolute atomic E-state index is 12.7. The first-order chi connectivity index (χ1) is 10.9. The molecule has 1 unspecified atom stereocenters. The molecule has 120 valence electrons. The molecule has 2 aromatic rings. The highest BCUT2D eigenvalue weighted by Crippen LogP contribution is 2.38. The van der Waals surface area contributed by atoms with Gasteiger partial charge in [0.1, 0.15) is 0 Å². The summed E-state index contributed by atoms with van der Waals surface area (Å²) in [6.07, 6.45) is -4.86. The molecule has 0 spiro atoms. The number of rotatable bonds is 3. The van der Waals surface area contributed by atoms with Crippen LogP contribution >= 0.6 is 0 Å². The third-order valence-electron chi connectivity index (χ3n) is 3.70. The standard InChI is InChI=1S/C17H14F3NO2/c18-17(19,20)16(22)11-15(21-23-16)14-8-6-13(7-9-14)10-12-4-2-1-3-5-12/h1-9,22H,10-11H2. The molecule has 1 heterocycles. The average molecular weight is 321 g/mol. The number of nitrogens with zero attached hydrogens (tertiary/aromatic N) is 1. The van der Waals surface area contributed by atoms with E-state index in [1.54, 1.807) is 12.1 Å². The summed E-state index contributed by atoms with van der Waals surface area (Å²) in [4.78, 5) is 4.22. The maximum Gasteiger partial charge on any atom is 0.458 e. The third kappa shape index (κ3) is 3.22. The first-order valence-electron chi connectivity index (χ1n) is 7.05. The number of aliphatic hydroxyl groups is 1. The lowest BCUT2D eigenvalue weighted by Gasteiger charge is -2.22. The van der Waals surface area contributed by atoms with Gasteiger partial charge < -0.3 is 9.94 Å². The average Bonchev–Trinajstić information content (AvgIpc) is 2.93. The van der Waals surface area contributed by atoms with Crippen LogP contribution in [0.1, 0.15) is 23.1 Å². The molecule has 1 aliphatic heterocycles. The highest BCUT2D eigenvalue weighted by molar-refractivity contribution is 6.01. The van der Waals surface area contributed by atoms with E-state index < -0.39 is 18.4 Å². The van der Waals surface area contributed by atoms with E-state index in [0.717, 1.165) is 17.5 Å². The second-order valence-electron chi connectivity index (χ2n) is 5.45. The van der Waals surface area contributed by atoms with Gasteiger partial charge in [-0.1, -0.05) is 59.8 Å². The van der Waals surface area contributed by atoms with Crippen molar-refractivity contribution >= 4 is 5.71 Å². The van der Waals surface area contributed by atoms with E-state index >= 15 is 0 Å². The van der Waals surface area contributed by atoms with Crippen molar-refractivity contribution in [1.29, 1.82) is 0 Å². The zero-order valence-corrected chi connectivity index (χ0v) is 12.0. The van der Waals surface area contributed by atoms with Crippen LogP contribution in [0, 0.1) is 0 Å². The summed E-state index contributed by atoms with van der Waals surface area (Å²) in [5.41, 5.74) is 2.76. The Hall–Kier alpha value is -2.34. The number of hydrogen-bond acceptors (Lipinski definition) is 3. The number of oxime groups is 1. The lowest BCUT2D eigenvalue weighted by atomic mass is 9.99. The molecule has 23 heavy (non-hydrogen) atoms. The molecule has 0 saturated heterocycles. The molecule has 0 radical (unpaired) electrons. The largest absolute Gasteiger partial charge is 0.458 e. The van der Waals surface area contributed by atoms with E-state index in [-0.39, 0.29) is 5.71 Å². The predicted octanol–water partition coefficient (Wildman–Crippen LogP) is 3.65. The molecule has 1 N–H and O–H groups in total. The van der Waals surface area contributed by atoms with E-state index in [9.17, 15) is 18.3 Å². The Morgan fingerprint density at radius 1 is 1.00 bits per heavy atom. The molecule has 3 rings (SSSR count). The van der Waals surface area contributed by atoms with Crippen molar-refractivity contribution < 1.29 is 23.1 Å². The molecule has 0 aliphatic carbocycles. The van der Waals surface area contributed by atoms with Gasteiger partial charge in [0.2, 0.25) is 0 Å². The van der Waals surface area contributed by atoms with Crippen LogP contribution in [0.5, 0.6) is 0 Å². The summed E-state index contributed by atoms with van der Waals surface area (Å²) < 4.78 is 38.1. The predicted molar refractivity (Wildman–Crippen MR) is 78.9 cm³/mol. The Labute approximate surface area is 131 Å². The Balaban J connectivity index is 1.71. The maximum atomic E-state index is 12.7. The molecule has 1 atom stereocenters. The van der Waals surface area contributed by atoms with Gasteiger partial charge in [-0.05, 0) is 23.1 Å². The summed E-state index contributed by atoms with van der Waals surface area (Å²) >= 11 is 0. The van der Waals surface area contributed by atoms with Crippen LogP contribution in [-0.4, -0.2) is 22.8 Å². The van der Waals surface area contributed by atoms with E-state index in [2.05, 4.69) is 9.99 Å². The minimum absolute atomic E-state index is 0.0797. The Morgan fingerprint density at radius 3 is 2.17 bits per heavy atom. The summed E-state index contributed by atoms with van der Waals surface area (Å²) in [6, 6.07) is 16.9. The van der Waals surface area contributed by atoms with Gasteiger partial charge >= 0.3 is 12.0 Å². The smallest absolute Gasteiger partial charge is 0.350 e. The van der Waals surface area contributed by atoms with Crippen molar-refractivity contribution in [3.05, 3.63) is 71.3 Å². The van der Waals surface area contributed by atoms with Crippen LogP contribution in [-0.2, 0) is 11.3 Å². The van der Waals surface area contributed by atoms with Crippen LogP contribution < -0.4 is 0 Å². The normalized spacial score (nSPS) is 21.0. The number of hydrogen-bond donors (Lipinski definition) is 1. The zero-order valence-electron chi connectivity index (χ0n) is 12.0. The molecule has 6 heteroatoms. The van der Waals surface area contributed by atoms with Gasteiger partial charge in [-0.15, -0.1) is 0 Å². The van der Waals surface area contributed by atoms with Crippen LogP contribution in [0.15, 0.2) is 59.8 Å². The number of alkyl halides is 3. The van der Waals surface area contributed by atoms with E-state index in [4.69, 9.17) is 0 Å². The highest BCUT2D eigenvalue weighted by Gasteiger charge is 2.60. The minimum Gasteiger partial charge on any atom is -0.350 e. The lowest BCUT2D eigenvalue weighted by Crippen LogP contribution is -2.45. The summed E-state index contributed by atoms with van der Waals surface area (Å²) in [5.74, 6) is -3.23. The van der Waals surface area contributed by atoms with Crippen molar-refractivity contribution in [1.82, 2.24) is 0 Å². The van der Waals surface area contributed by atoms with E-state index in [1.807, 2.05) is 42.5 Å². The van der Waals surface area contributed by atoms with Gasteiger partial charge in [0.25, 0.3) is 0 Å². The molecule has 0 saturated carbocycles. The van der Waals surface area contributed by atoms with Crippen molar-refractivity contribution in [2.45, 2.75) is 24.8 Å².